The molecule has 15 heavy (non-hydrogen) atoms. The van der Waals surface area contributed by atoms with Gasteiger partial charge in [-0.25, -0.2) is 4.79 Å². The lowest BCUT2D eigenvalue weighted by Gasteiger charge is -2.11. The van der Waals surface area contributed by atoms with Gasteiger partial charge in [0.05, 0.1) is 12.3 Å². The molecule has 0 aromatic carbocycles. The summed E-state index contributed by atoms with van der Waals surface area (Å²) in [6.07, 6.45) is -2.79. The number of pyridine rings is 1. The Morgan fingerprint density at radius 2 is 2.27 bits per heavy atom. The Hall–Kier alpha value is -1.08. The second-order valence-corrected chi connectivity index (χ2v) is 3.49. The second-order valence-electron chi connectivity index (χ2n) is 2.58. The number of rotatable bonds is 4. The van der Waals surface area contributed by atoms with Crippen LogP contribution in [-0.4, -0.2) is 22.2 Å². The van der Waals surface area contributed by atoms with Crippen molar-refractivity contribution in [2.24, 2.45) is 0 Å². The first-order valence-corrected chi connectivity index (χ1v) is 4.57. The largest absolute Gasteiger partial charge is 0.475 e. The van der Waals surface area contributed by atoms with Crippen molar-refractivity contribution in [1.82, 2.24) is 4.98 Å². The zero-order chi connectivity index (χ0) is 11.5. The molecule has 0 amide bonds. The number of aliphatic carboxylic acids is 1. The van der Waals surface area contributed by atoms with Crippen LogP contribution in [0.5, 0.6) is 0 Å². The Morgan fingerprint density at radius 1 is 1.60 bits per heavy atom. The van der Waals surface area contributed by atoms with Crippen molar-refractivity contribution in [2.45, 2.75) is 12.7 Å². The minimum Gasteiger partial charge on any atom is -0.475 e. The molecule has 0 aliphatic rings. The highest BCUT2D eigenvalue weighted by Crippen LogP contribution is 2.17. The molecule has 1 heterocycles. The number of hydrogen-bond donors (Lipinski definition) is 1. The van der Waals surface area contributed by atoms with E-state index in [1.807, 2.05) is 0 Å². The van der Waals surface area contributed by atoms with Crippen molar-refractivity contribution < 1.29 is 23.4 Å². The predicted molar refractivity (Wildman–Crippen MR) is 49.3 cm³/mol. The van der Waals surface area contributed by atoms with Crippen LogP contribution < -0.4 is 0 Å². The van der Waals surface area contributed by atoms with Crippen LogP contribution in [0, 0.1) is 0 Å². The molecule has 0 atom stereocenters. The summed E-state index contributed by atoms with van der Waals surface area (Å²) in [7, 11) is 0. The fourth-order valence-corrected chi connectivity index (χ4v) is 0.953. The number of carboxylic acids is 1. The van der Waals surface area contributed by atoms with Crippen LogP contribution in [0.1, 0.15) is 5.69 Å². The molecule has 1 rings (SSSR count). The van der Waals surface area contributed by atoms with E-state index in [9.17, 15) is 13.6 Å². The maximum absolute atomic E-state index is 12.5. The molecule has 7 heteroatoms. The maximum Gasteiger partial charge on any atom is 0.456 e. The third-order valence-electron chi connectivity index (χ3n) is 1.44. The van der Waals surface area contributed by atoms with Gasteiger partial charge in [0.2, 0.25) is 0 Å². The lowest BCUT2D eigenvalue weighted by atomic mass is 10.4. The van der Waals surface area contributed by atoms with Crippen molar-refractivity contribution in [1.29, 1.82) is 0 Å². The zero-order valence-corrected chi connectivity index (χ0v) is 8.87. The first-order valence-electron chi connectivity index (χ1n) is 3.77. The van der Waals surface area contributed by atoms with E-state index >= 15 is 0 Å². The molecule has 1 aromatic rings. The van der Waals surface area contributed by atoms with E-state index in [2.05, 4.69) is 25.7 Å². The van der Waals surface area contributed by atoms with Gasteiger partial charge in [0.15, 0.2) is 0 Å². The van der Waals surface area contributed by atoms with Gasteiger partial charge >= 0.3 is 12.1 Å². The molecule has 0 aliphatic heterocycles. The number of aromatic nitrogens is 1. The van der Waals surface area contributed by atoms with Gasteiger partial charge in [-0.15, -0.1) is 0 Å². The van der Waals surface area contributed by atoms with Gasteiger partial charge in [-0.3, -0.25) is 4.98 Å². The van der Waals surface area contributed by atoms with Crippen molar-refractivity contribution in [3.8, 4) is 0 Å². The standard InChI is InChI=1S/C8H6BrF2NO3/c9-5-1-2-6(12-3-5)4-15-8(10,11)7(13)14/h1-3H,4H2,(H,13,14). The SMILES string of the molecule is O=C(O)C(F)(F)OCc1ccc(Br)cn1. The highest BCUT2D eigenvalue weighted by molar-refractivity contribution is 9.10. The van der Waals surface area contributed by atoms with E-state index in [0.717, 1.165) is 0 Å². The predicted octanol–water partition coefficient (Wildman–Crippen LogP) is 2.04. The number of nitrogens with zero attached hydrogens (tertiary/aromatic N) is 1. The molecule has 0 radical (unpaired) electrons. The third kappa shape index (κ3) is 3.52. The average Bonchev–Trinajstić information content (AvgIpc) is 2.17. The fraction of sp³-hybridized carbons (Fsp3) is 0.250. The lowest BCUT2D eigenvalue weighted by molar-refractivity contribution is -0.250. The third-order valence-corrected chi connectivity index (χ3v) is 1.91. The Labute approximate surface area is 92.0 Å². The number of hydrogen-bond acceptors (Lipinski definition) is 3. The van der Waals surface area contributed by atoms with Gasteiger partial charge in [-0.2, -0.15) is 8.78 Å². The fourth-order valence-electron chi connectivity index (χ4n) is 0.718. The van der Waals surface area contributed by atoms with Gasteiger partial charge in [-0.05, 0) is 28.1 Å². The van der Waals surface area contributed by atoms with E-state index in [1.54, 1.807) is 6.07 Å². The summed E-state index contributed by atoms with van der Waals surface area (Å²) in [6, 6.07) is 3.03. The summed E-state index contributed by atoms with van der Waals surface area (Å²) in [5, 5.41) is 8.06. The number of halogens is 3. The molecule has 0 bridgehead atoms. The van der Waals surface area contributed by atoms with E-state index in [-0.39, 0.29) is 5.69 Å². The molecule has 0 saturated carbocycles. The van der Waals surface area contributed by atoms with Crippen LogP contribution in [0.3, 0.4) is 0 Å². The molecule has 0 saturated heterocycles. The molecular weight excluding hydrogens is 276 g/mol. The van der Waals surface area contributed by atoms with Gasteiger partial charge < -0.3 is 9.84 Å². The summed E-state index contributed by atoms with van der Waals surface area (Å²) in [6.45, 7) is -0.563. The minimum absolute atomic E-state index is 0.221. The van der Waals surface area contributed by atoms with E-state index in [4.69, 9.17) is 5.11 Å². The van der Waals surface area contributed by atoms with E-state index in [0.29, 0.717) is 4.47 Å². The molecule has 0 aliphatic carbocycles. The topological polar surface area (TPSA) is 59.4 Å². The Morgan fingerprint density at radius 3 is 2.73 bits per heavy atom. The van der Waals surface area contributed by atoms with Crippen LogP contribution in [0.15, 0.2) is 22.8 Å². The van der Waals surface area contributed by atoms with Crippen molar-refractivity contribution in [3.63, 3.8) is 0 Å². The smallest absolute Gasteiger partial charge is 0.456 e. The van der Waals surface area contributed by atoms with Crippen molar-refractivity contribution in [3.05, 3.63) is 28.5 Å². The summed E-state index contributed by atoms with van der Waals surface area (Å²) in [5.74, 6) is -2.32. The number of carboxylic acid groups (broad SMARTS) is 1. The van der Waals surface area contributed by atoms with Crippen LogP contribution in [0.2, 0.25) is 0 Å². The van der Waals surface area contributed by atoms with Crippen LogP contribution in [-0.2, 0) is 16.1 Å². The molecule has 1 N–H and O–H groups in total. The highest BCUT2D eigenvalue weighted by Gasteiger charge is 2.40. The number of ether oxygens (including phenoxy) is 1. The van der Waals surface area contributed by atoms with Crippen LogP contribution in [0.4, 0.5) is 8.78 Å². The summed E-state index contributed by atoms with van der Waals surface area (Å²) in [4.78, 5) is 13.7. The molecule has 0 unspecified atom stereocenters. The van der Waals surface area contributed by atoms with E-state index in [1.165, 1.54) is 12.3 Å². The average molecular weight is 282 g/mol. The molecule has 0 spiro atoms. The monoisotopic (exact) mass is 281 g/mol. The Balaban J connectivity index is 2.57. The quantitative estimate of drug-likeness (QED) is 0.918. The molecule has 82 valence electrons. The maximum atomic E-state index is 12.5. The van der Waals surface area contributed by atoms with Gasteiger partial charge in [-0.1, -0.05) is 0 Å². The molecule has 0 fully saturated rings. The molecular formula is C8H6BrF2NO3. The summed E-state index contributed by atoms with van der Waals surface area (Å²) >= 11 is 3.11. The van der Waals surface area contributed by atoms with Crippen molar-refractivity contribution in [2.75, 3.05) is 0 Å². The first-order chi connectivity index (χ1) is 6.92. The summed E-state index contributed by atoms with van der Waals surface area (Å²) < 4.78 is 29.5. The normalized spacial score (nSPS) is 11.4. The zero-order valence-electron chi connectivity index (χ0n) is 7.28. The van der Waals surface area contributed by atoms with E-state index < -0.39 is 18.7 Å². The molecule has 4 nitrogen and oxygen atoms in total. The molecule has 1 aromatic heterocycles. The highest BCUT2D eigenvalue weighted by atomic mass is 79.9. The second kappa shape index (κ2) is 4.63. The van der Waals surface area contributed by atoms with Gasteiger partial charge in [0, 0.05) is 10.7 Å². The van der Waals surface area contributed by atoms with Gasteiger partial charge in [0.1, 0.15) is 0 Å². The number of alkyl halides is 2. The minimum atomic E-state index is -4.19. The van der Waals surface area contributed by atoms with Crippen LogP contribution in [0.25, 0.3) is 0 Å². The Kier molecular flexibility index (Phi) is 3.70. The number of carbonyl (C=O) groups is 1. The van der Waals surface area contributed by atoms with Gasteiger partial charge in [0.25, 0.3) is 0 Å². The van der Waals surface area contributed by atoms with Crippen molar-refractivity contribution >= 4 is 21.9 Å². The van der Waals surface area contributed by atoms with Crippen LogP contribution >= 0.6 is 15.9 Å². The first kappa shape index (κ1) is 12.0. The summed E-state index contributed by atoms with van der Waals surface area (Å²) in [5.41, 5.74) is 0.221. The lowest BCUT2D eigenvalue weighted by Crippen LogP contribution is -2.31. The Bertz CT molecular complexity index is 355.